The van der Waals surface area contributed by atoms with Gasteiger partial charge in [0.2, 0.25) is 6.79 Å². The fraction of sp³-hybridized carbons (Fsp3) is 0.200. The van der Waals surface area contributed by atoms with Crippen LogP contribution in [-0.2, 0) is 4.79 Å². The van der Waals surface area contributed by atoms with Crippen LogP contribution in [0.3, 0.4) is 0 Å². The zero-order chi connectivity index (χ0) is 19.1. The zero-order valence-electron chi connectivity index (χ0n) is 15.1. The third-order valence-electron chi connectivity index (χ3n) is 4.72. The van der Waals surface area contributed by atoms with Crippen LogP contribution in [0.5, 0.6) is 17.2 Å². The van der Waals surface area contributed by atoms with Gasteiger partial charge >= 0.3 is 0 Å². The fourth-order valence-corrected chi connectivity index (χ4v) is 4.01. The molecular formula is C20H17N3O4S. The standard InChI is InChI=1S/C20H17N3O4S/c1-2-23-14-9-12(3-5-15(14)25-10-17(23)24)18-13(22-20-21-7-8-28-20)4-6-16-19(18)27-11-26-16/h3-9H,2,10-11H2,1H3,(H,21,22). The third-order valence-corrected chi connectivity index (χ3v) is 5.41. The van der Waals surface area contributed by atoms with Crippen LogP contribution < -0.4 is 24.4 Å². The highest BCUT2D eigenvalue weighted by Gasteiger charge is 2.27. The van der Waals surface area contributed by atoms with Crippen molar-refractivity contribution in [3.05, 3.63) is 41.9 Å². The Balaban J connectivity index is 1.66. The number of ether oxygens (including phenoxy) is 3. The first-order valence-electron chi connectivity index (χ1n) is 8.91. The molecule has 142 valence electrons. The molecule has 1 N–H and O–H groups in total. The molecule has 0 spiro atoms. The summed E-state index contributed by atoms with van der Waals surface area (Å²) in [5.74, 6) is 2.01. The maximum atomic E-state index is 12.2. The first-order chi connectivity index (χ1) is 13.7. The summed E-state index contributed by atoms with van der Waals surface area (Å²) in [6.45, 7) is 2.77. The number of anilines is 3. The van der Waals surface area contributed by atoms with Gasteiger partial charge in [0.25, 0.3) is 5.91 Å². The van der Waals surface area contributed by atoms with Gasteiger partial charge in [-0.1, -0.05) is 6.07 Å². The molecule has 0 saturated heterocycles. The molecule has 0 bridgehead atoms. The fourth-order valence-electron chi connectivity index (χ4n) is 3.47. The molecule has 8 heteroatoms. The maximum absolute atomic E-state index is 12.2. The van der Waals surface area contributed by atoms with Crippen LogP contribution in [0.4, 0.5) is 16.5 Å². The Morgan fingerprint density at radius 3 is 2.89 bits per heavy atom. The first-order valence-corrected chi connectivity index (χ1v) is 9.79. The minimum absolute atomic E-state index is 0.0499. The summed E-state index contributed by atoms with van der Waals surface area (Å²) in [5.41, 5.74) is 3.37. The average Bonchev–Trinajstić information content (AvgIpc) is 3.39. The Labute approximate surface area is 165 Å². The van der Waals surface area contributed by atoms with Gasteiger partial charge in [0, 0.05) is 18.1 Å². The van der Waals surface area contributed by atoms with Crippen LogP contribution >= 0.6 is 11.3 Å². The summed E-state index contributed by atoms with van der Waals surface area (Å²) in [6.07, 6.45) is 1.75. The van der Waals surface area contributed by atoms with Gasteiger partial charge in [-0.3, -0.25) is 4.79 Å². The monoisotopic (exact) mass is 395 g/mol. The van der Waals surface area contributed by atoms with Crippen molar-refractivity contribution in [2.45, 2.75) is 6.92 Å². The van der Waals surface area contributed by atoms with Crippen molar-refractivity contribution in [2.75, 3.05) is 30.2 Å². The normalized spacial score (nSPS) is 14.6. The quantitative estimate of drug-likeness (QED) is 0.719. The molecule has 3 aromatic rings. The van der Waals surface area contributed by atoms with Gasteiger partial charge in [-0.15, -0.1) is 11.3 Å². The lowest BCUT2D eigenvalue weighted by molar-refractivity contribution is -0.121. The van der Waals surface area contributed by atoms with Gasteiger partial charge in [-0.05, 0) is 36.8 Å². The van der Waals surface area contributed by atoms with Crippen LogP contribution in [0, 0.1) is 0 Å². The number of carbonyl (C=O) groups is 1. The van der Waals surface area contributed by atoms with E-state index in [-0.39, 0.29) is 19.3 Å². The number of benzene rings is 2. The van der Waals surface area contributed by atoms with E-state index >= 15 is 0 Å². The third kappa shape index (κ3) is 2.73. The van der Waals surface area contributed by atoms with E-state index < -0.39 is 0 Å². The maximum Gasteiger partial charge on any atom is 0.265 e. The Kier molecular flexibility index (Phi) is 4.05. The molecule has 2 aromatic carbocycles. The molecule has 1 amide bonds. The largest absolute Gasteiger partial charge is 0.482 e. The predicted molar refractivity (Wildman–Crippen MR) is 107 cm³/mol. The van der Waals surface area contributed by atoms with Gasteiger partial charge in [0.15, 0.2) is 23.2 Å². The zero-order valence-corrected chi connectivity index (χ0v) is 15.9. The number of nitrogens with one attached hydrogen (secondary N) is 1. The molecule has 0 atom stereocenters. The number of hydrogen-bond donors (Lipinski definition) is 1. The number of carbonyl (C=O) groups excluding carboxylic acids is 1. The Morgan fingerprint density at radius 1 is 1.18 bits per heavy atom. The Morgan fingerprint density at radius 2 is 2.07 bits per heavy atom. The molecule has 5 rings (SSSR count). The molecular weight excluding hydrogens is 378 g/mol. The molecule has 1 aromatic heterocycles. The number of amides is 1. The summed E-state index contributed by atoms with van der Waals surface area (Å²) in [4.78, 5) is 18.3. The number of hydrogen-bond acceptors (Lipinski definition) is 7. The van der Waals surface area contributed by atoms with E-state index in [2.05, 4.69) is 10.3 Å². The van der Waals surface area contributed by atoms with E-state index in [4.69, 9.17) is 14.2 Å². The highest BCUT2D eigenvalue weighted by atomic mass is 32.1. The number of fused-ring (bicyclic) bond motifs is 2. The highest BCUT2D eigenvalue weighted by Crippen LogP contribution is 2.48. The molecule has 7 nitrogen and oxygen atoms in total. The average molecular weight is 395 g/mol. The molecule has 0 aliphatic carbocycles. The lowest BCUT2D eigenvalue weighted by Crippen LogP contribution is -2.38. The van der Waals surface area contributed by atoms with E-state index in [1.165, 1.54) is 11.3 Å². The van der Waals surface area contributed by atoms with Crippen LogP contribution in [0.25, 0.3) is 11.1 Å². The minimum atomic E-state index is -0.0499. The van der Waals surface area contributed by atoms with Crippen molar-refractivity contribution < 1.29 is 19.0 Å². The van der Waals surface area contributed by atoms with Crippen LogP contribution in [0.15, 0.2) is 41.9 Å². The number of likely N-dealkylation sites (N-methyl/N-ethyl adjacent to an activating group) is 1. The van der Waals surface area contributed by atoms with Crippen molar-refractivity contribution in [3.63, 3.8) is 0 Å². The highest BCUT2D eigenvalue weighted by molar-refractivity contribution is 7.13. The van der Waals surface area contributed by atoms with Crippen molar-refractivity contribution in [1.29, 1.82) is 0 Å². The lowest BCUT2D eigenvalue weighted by Gasteiger charge is -2.29. The van der Waals surface area contributed by atoms with Crippen molar-refractivity contribution in [2.24, 2.45) is 0 Å². The van der Waals surface area contributed by atoms with Gasteiger partial charge in [-0.25, -0.2) is 4.98 Å². The van der Waals surface area contributed by atoms with Crippen molar-refractivity contribution in [1.82, 2.24) is 4.98 Å². The molecule has 0 radical (unpaired) electrons. The summed E-state index contributed by atoms with van der Waals surface area (Å²) < 4.78 is 16.9. The summed E-state index contributed by atoms with van der Waals surface area (Å²) in [6, 6.07) is 9.64. The van der Waals surface area contributed by atoms with Crippen LogP contribution in [0.2, 0.25) is 0 Å². The minimum Gasteiger partial charge on any atom is -0.482 e. The topological polar surface area (TPSA) is 72.9 Å². The van der Waals surface area contributed by atoms with E-state index in [9.17, 15) is 4.79 Å². The first kappa shape index (κ1) is 16.9. The number of aromatic nitrogens is 1. The Bertz CT molecular complexity index is 1050. The van der Waals surface area contributed by atoms with Crippen molar-refractivity contribution >= 4 is 33.8 Å². The number of thiazole rings is 1. The predicted octanol–water partition coefficient (Wildman–Crippen LogP) is 4.03. The molecule has 0 unspecified atom stereocenters. The van der Waals surface area contributed by atoms with Crippen LogP contribution in [0.1, 0.15) is 6.92 Å². The van der Waals surface area contributed by atoms with E-state index in [1.54, 1.807) is 11.1 Å². The Hall–Kier alpha value is -3.26. The molecule has 28 heavy (non-hydrogen) atoms. The van der Waals surface area contributed by atoms with Crippen LogP contribution in [-0.4, -0.2) is 30.8 Å². The van der Waals surface area contributed by atoms with E-state index in [1.807, 2.05) is 42.6 Å². The van der Waals surface area contributed by atoms with E-state index in [0.717, 1.165) is 27.6 Å². The van der Waals surface area contributed by atoms with E-state index in [0.29, 0.717) is 23.8 Å². The van der Waals surface area contributed by atoms with Gasteiger partial charge < -0.3 is 24.4 Å². The van der Waals surface area contributed by atoms with Gasteiger partial charge in [0.05, 0.1) is 16.9 Å². The number of nitrogens with zero attached hydrogens (tertiary/aromatic N) is 2. The molecule has 2 aliphatic heterocycles. The molecule has 0 fully saturated rings. The second kappa shape index (κ2) is 6.72. The smallest absolute Gasteiger partial charge is 0.265 e. The molecule has 3 heterocycles. The molecule has 2 aliphatic rings. The summed E-state index contributed by atoms with van der Waals surface area (Å²) in [5, 5.41) is 6.05. The van der Waals surface area contributed by atoms with Crippen molar-refractivity contribution in [3.8, 4) is 28.4 Å². The van der Waals surface area contributed by atoms with Gasteiger partial charge in [-0.2, -0.15) is 0 Å². The van der Waals surface area contributed by atoms with Gasteiger partial charge in [0.1, 0.15) is 5.75 Å². The second-order valence-corrected chi connectivity index (χ2v) is 7.19. The number of rotatable bonds is 4. The SMILES string of the molecule is CCN1C(=O)COc2ccc(-c3c(Nc4nccs4)ccc4c3OCO4)cc21. The molecule has 0 saturated carbocycles. The summed E-state index contributed by atoms with van der Waals surface area (Å²) in [7, 11) is 0. The summed E-state index contributed by atoms with van der Waals surface area (Å²) >= 11 is 1.51. The lowest BCUT2D eigenvalue weighted by atomic mass is 10.00. The second-order valence-electron chi connectivity index (χ2n) is 6.29.